The van der Waals surface area contributed by atoms with E-state index >= 15 is 0 Å². The summed E-state index contributed by atoms with van der Waals surface area (Å²) >= 11 is 6.09. The first-order valence-electron chi connectivity index (χ1n) is 9.38. The van der Waals surface area contributed by atoms with Crippen LogP contribution >= 0.6 is 11.6 Å². The molecule has 2 rings (SSSR count). The highest BCUT2D eigenvalue weighted by Gasteiger charge is 2.18. The van der Waals surface area contributed by atoms with Crippen molar-refractivity contribution in [3.63, 3.8) is 0 Å². The molecular formula is C23H26ClNO4. The van der Waals surface area contributed by atoms with E-state index in [2.05, 4.69) is 18.8 Å². The second kappa shape index (κ2) is 10.1. The van der Waals surface area contributed by atoms with Gasteiger partial charge in [0.15, 0.2) is 0 Å². The normalized spacial score (nSPS) is 12.7. The second-order valence-electron chi connectivity index (χ2n) is 7.34. The number of hydrogen-bond acceptors (Lipinski definition) is 3. The van der Waals surface area contributed by atoms with Gasteiger partial charge in [0, 0.05) is 5.02 Å². The van der Waals surface area contributed by atoms with Gasteiger partial charge in [0.1, 0.15) is 5.75 Å². The molecule has 0 fully saturated rings. The van der Waals surface area contributed by atoms with Gasteiger partial charge in [-0.25, -0.2) is 4.79 Å². The van der Waals surface area contributed by atoms with Gasteiger partial charge in [0.25, 0.3) is 5.91 Å². The summed E-state index contributed by atoms with van der Waals surface area (Å²) < 4.78 is 5.88. The Labute approximate surface area is 176 Å². The van der Waals surface area contributed by atoms with Gasteiger partial charge in [0.05, 0.1) is 23.8 Å². The van der Waals surface area contributed by atoms with E-state index in [4.69, 9.17) is 21.4 Å². The van der Waals surface area contributed by atoms with Crippen LogP contribution in [0, 0.1) is 5.92 Å². The minimum absolute atomic E-state index is 0.196. The quantitative estimate of drug-likeness (QED) is 0.529. The van der Waals surface area contributed by atoms with Gasteiger partial charge >= 0.3 is 5.97 Å². The Bertz CT molecular complexity index is 892. The Morgan fingerprint density at radius 1 is 1.17 bits per heavy atom. The highest BCUT2D eigenvalue weighted by molar-refractivity contribution is 6.31. The first-order valence-corrected chi connectivity index (χ1v) is 9.76. The molecule has 29 heavy (non-hydrogen) atoms. The molecule has 0 aliphatic rings. The van der Waals surface area contributed by atoms with Crippen molar-refractivity contribution in [2.24, 2.45) is 5.92 Å². The van der Waals surface area contributed by atoms with Gasteiger partial charge in [-0.2, -0.15) is 0 Å². The molecule has 0 aliphatic carbocycles. The molecule has 2 atom stereocenters. The van der Waals surface area contributed by atoms with Crippen LogP contribution in [0.4, 0.5) is 0 Å². The lowest BCUT2D eigenvalue weighted by Crippen LogP contribution is -2.27. The van der Waals surface area contributed by atoms with Crippen molar-refractivity contribution in [1.29, 1.82) is 0 Å². The fourth-order valence-corrected chi connectivity index (χ4v) is 3.14. The number of nitrogens with one attached hydrogen (secondary N) is 1. The fraction of sp³-hybridized carbons (Fsp3) is 0.304. The fourth-order valence-electron chi connectivity index (χ4n) is 2.96. The van der Waals surface area contributed by atoms with Crippen LogP contribution in [0.3, 0.4) is 0 Å². The summed E-state index contributed by atoms with van der Waals surface area (Å²) in [4.78, 5) is 23.8. The Balaban J connectivity index is 2.11. The number of ether oxygens (including phenoxy) is 1. The van der Waals surface area contributed by atoms with Crippen molar-refractivity contribution >= 4 is 23.5 Å². The van der Waals surface area contributed by atoms with Crippen molar-refractivity contribution in [3.8, 4) is 5.75 Å². The smallest absolute Gasteiger partial charge is 0.335 e. The summed E-state index contributed by atoms with van der Waals surface area (Å²) in [5.41, 5.74) is 2.43. The maximum absolute atomic E-state index is 12.8. The number of carbonyl (C=O) groups excluding carboxylic acids is 1. The van der Waals surface area contributed by atoms with E-state index < -0.39 is 5.97 Å². The van der Waals surface area contributed by atoms with Crippen LogP contribution in [0.2, 0.25) is 5.02 Å². The molecular weight excluding hydrogens is 390 g/mol. The van der Waals surface area contributed by atoms with E-state index in [1.807, 2.05) is 13.8 Å². The zero-order valence-corrected chi connectivity index (χ0v) is 17.6. The topological polar surface area (TPSA) is 75.6 Å². The molecule has 0 saturated heterocycles. The largest absolute Gasteiger partial charge is 0.492 e. The lowest BCUT2D eigenvalue weighted by atomic mass is 10.0. The van der Waals surface area contributed by atoms with E-state index in [1.165, 1.54) is 12.1 Å². The molecule has 0 spiro atoms. The zero-order valence-electron chi connectivity index (χ0n) is 16.9. The summed E-state index contributed by atoms with van der Waals surface area (Å²) in [7, 11) is 0. The molecule has 2 aromatic carbocycles. The molecule has 1 amide bonds. The summed E-state index contributed by atoms with van der Waals surface area (Å²) in [6.45, 7) is 10.2. The lowest BCUT2D eigenvalue weighted by Gasteiger charge is -2.18. The van der Waals surface area contributed by atoms with E-state index in [0.717, 1.165) is 17.6 Å². The number of rotatable bonds is 9. The molecule has 5 nitrogen and oxygen atoms in total. The number of carboxylic acid groups (broad SMARTS) is 1. The predicted octanol–water partition coefficient (Wildman–Crippen LogP) is 5.51. The molecule has 0 bridgehead atoms. The minimum atomic E-state index is -0.991. The monoisotopic (exact) mass is 415 g/mol. The molecule has 1 unspecified atom stereocenters. The Morgan fingerprint density at radius 3 is 2.41 bits per heavy atom. The third-order valence-corrected chi connectivity index (χ3v) is 4.65. The number of halogens is 1. The Hall–Kier alpha value is -2.79. The number of benzene rings is 2. The van der Waals surface area contributed by atoms with Gasteiger partial charge in [-0.3, -0.25) is 4.79 Å². The second-order valence-corrected chi connectivity index (χ2v) is 7.78. The van der Waals surface area contributed by atoms with E-state index in [1.54, 1.807) is 30.3 Å². The van der Waals surface area contributed by atoms with Crippen LogP contribution in [0.15, 0.2) is 54.6 Å². The number of aromatic carboxylic acids is 1. The number of allylic oxidation sites excluding steroid dienone is 1. The van der Waals surface area contributed by atoms with Gasteiger partial charge in [0.2, 0.25) is 0 Å². The Morgan fingerprint density at radius 2 is 1.83 bits per heavy atom. The summed E-state index contributed by atoms with van der Waals surface area (Å²) in [5, 5.41) is 12.4. The standard InChI is InChI=1S/C23H26ClNO4/c1-14(2)11-15(3)13-29-21-10-9-19(24)12-20(21)22(26)25-16(4)17-5-7-18(8-6-17)23(27)28/h5-10,12,15-16H,1,11,13H2,2-4H3,(H,25,26)(H,27,28)/t15?,16-/m0/s1. The molecule has 2 aromatic rings. The number of carboxylic acids is 1. The predicted molar refractivity (Wildman–Crippen MR) is 115 cm³/mol. The first-order chi connectivity index (χ1) is 13.7. The number of hydrogen-bond donors (Lipinski definition) is 2. The number of carbonyl (C=O) groups is 2. The molecule has 6 heteroatoms. The summed E-state index contributed by atoms with van der Waals surface area (Å²) in [6, 6.07) is 11.0. The molecule has 0 aromatic heterocycles. The van der Waals surface area contributed by atoms with Crippen molar-refractivity contribution in [1.82, 2.24) is 5.32 Å². The summed E-state index contributed by atoms with van der Waals surface area (Å²) in [5.74, 6) is -0.570. The van der Waals surface area contributed by atoms with Crippen LogP contribution in [0.5, 0.6) is 5.75 Å². The van der Waals surface area contributed by atoms with Crippen LogP contribution in [-0.2, 0) is 0 Å². The maximum Gasteiger partial charge on any atom is 0.335 e. The van der Waals surface area contributed by atoms with E-state index in [-0.39, 0.29) is 23.4 Å². The maximum atomic E-state index is 12.8. The Kier molecular flexibility index (Phi) is 7.85. The first kappa shape index (κ1) is 22.5. The van der Waals surface area contributed by atoms with Crippen molar-refractivity contribution in [2.45, 2.75) is 33.2 Å². The molecule has 154 valence electrons. The van der Waals surface area contributed by atoms with Gasteiger partial charge in [-0.15, -0.1) is 6.58 Å². The van der Waals surface area contributed by atoms with Crippen molar-refractivity contribution < 1.29 is 19.4 Å². The van der Waals surface area contributed by atoms with Gasteiger partial charge < -0.3 is 15.2 Å². The third-order valence-electron chi connectivity index (χ3n) is 4.41. The SMILES string of the molecule is C=C(C)CC(C)COc1ccc(Cl)cc1C(=O)N[C@@H](C)c1ccc(C(=O)O)cc1. The molecule has 0 heterocycles. The van der Waals surface area contributed by atoms with Crippen LogP contribution < -0.4 is 10.1 Å². The van der Waals surface area contributed by atoms with Crippen LogP contribution in [0.25, 0.3) is 0 Å². The van der Waals surface area contributed by atoms with E-state index in [0.29, 0.717) is 22.9 Å². The highest BCUT2D eigenvalue weighted by Crippen LogP contribution is 2.25. The molecule has 2 N–H and O–H groups in total. The molecule has 0 aliphatic heterocycles. The highest BCUT2D eigenvalue weighted by atomic mass is 35.5. The number of amides is 1. The van der Waals surface area contributed by atoms with Crippen LogP contribution in [0.1, 0.15) is 59.5 Å². The zero-order chi connectivity index (χ0) is 21.6. The summed E-state index contributed by atoms with van der Waals surface area (Å²) in [6.07, 6.45) is 0.846. The minimum Gasteiger partial charge on any atom is -0.492 e. The van der Waals surface area contributed by atoms with Crippen LogP contribution in [-0.4, -0.2) is 23.6 Å². The van der Waals surface area contributed by atoms with Gasteiger partial charge in [-0.1, -0.05) is 36.2 Å². The lowest BCUT2D eigenvalue weighted by molar-refractivity contribution is 0.0696. The molecule has 0 radical (unpaired) electrons. The van der Waals surface area contributed by atoms with Gasteiger partial charge in [-0.05, 0) is 62.1 Å². The average Bonchev–Trinajstić information content (AvgIpc) is 2.66. The third kappa shape index (κ3) is 6.64. The van der Waals surface area contributed by atoms with Crippen molar-refractivity contribution in [3.05, 3.63) is 76.3 Å². The average molecular weight is 416 g/mol. The molecule has 0 saturated carbocycles. The van der Waals surface area contributed by atoms with E-state index in [9.17, 15) is 9.59 Å². The van der Waals surface area contributed by atoms with Crippen molar-refractivity contribution in [2.75, 3.05) is 6.61 Å².